The monoisotopic (exact) mass is 362 g/mol. The standard InChI is InChI=1S/C17H18N2O7/c1-11(12-4-5-13-14(7-12)25-10-24-13)18-26-9-17(22)23-8-16(21)19-6-2-3-15(19)20/h4-5,7H,2-3,6,8-10H2,1H3/b18-11-. The summed E-state index contributed by atoms with van der Waals surface area (Å²) in [5.74, 6) is -0.238. The van der Waals surface area contributed by atoms with Crippen LogP contribution in [0.3, 0.4) is 0 Å². The van der Waals surface area contributed by atoms with E-state index in [-0.39, 0.29) is 12.7 Å². The third-order valence-corrected chi connectivity index (χ3v) is 3.91. The van der Waals surface area contributed by atoms with Gasteiger partial charge in [0.1, 0.15) is 0 Å². The summed E-state index contributed by atoms with van der Waals surface area (Å²) in [5.41, 5.74) is 1.29. The summed E-state index contributed by atoms with van der Waals surface area (Å²) >= 11 is 0. The Morgan fingerprint density at radius 3 is 2.81 bits per heavy atom. The van der Waals surface area contributed by atoms with Gasteiger partial charge in [-0.25, -0.2) is 4.79 Å². The maximum Gasteiger partial charge on any atom is 0.347 e. The molecule has 26 heavy (non-hydrogen) atoms. The van der Waals surface area contributed by atoms with Gasteiger partial charge in [-0.1, -0.05) is 5.16 Å². The average molecular weight is 362 g/mol. The van der Waals surface area contributed by atoms with Gasteiger partial charge in [0.15, 0.2) is 18.1 Å². The molecular weight excluding hydrogens is 344 g/mol. The van der Waals surface area contributed by atoms with Crippen LogP contribution < -0.4 is 9.47 Å². The van der Waals surface area contributed by atoms with Gasteiger partial charge in [-0.2, -0.15) is 0 Å². The first-order valence-electron chi connectivity index (χ1n) is 8.10. The molecule has 0 bridgehead atoms. The second kappa shape index (κ2) is 7.85. The quantitative estimate of drug-likeness (QED) is 0.420. The molecule has 1 saturated heterocycles. The van der Waals surface area contributed by atoms with E-state index in [0.29, 0.717) is 36.6 Å². The molecule has 2 aliphatic heterocycles. The number of nitrogens with zero attached hydrogens (tertiary/aromatic N) is 2. The SMILES string of the molecule is C/C(=N/OCC(=O)OCC(=O)N1CCCC1=O)c1ccc2c(c1)OCO2. The zero-order valence-corrected chi connectivity index (χ0v) is 14.2. The normalized spacial score (nSPS) is 16.0. The summed E-state index contributed by atoms with van der Waals surface area (Å²) in [5, 5.41) is 3.85. The van der Waals surface area contributed by atoms with Gasteiger partial charge in [0, 0.05) is 18.5 Å². The van der Waals surface area contributed by atoms with Crippen LogP contribution in [-0.4, -0.2) is 54.9 Å². The van der Waals surface area contributed by atoms with Gasteiger partial charge < -0.3 is 19.0 Å². The molecule has 0 radical (unpaired) electrons. The second-order valence-electron chi connectivity index (χ2n) is 5.72. The van der Waals surface area contributed by atoms with Crippen LogP contribution in [0.1, 0.15) is 25.3 Å². The Kier molecular flexibility index (Phi) is 5.35. The zero-order valence-electron chi connectivity index (χ0n) is 14.2. The summed E-state index contributed by atoms with van der Waals surface area (Å²) < 4.78 is 15.3. The predicted octanol–water partition coefficient (Wildman–Crippen LogP) is 0.848. The van der Waals surface area contributed by atoms with Crippen molar-refractivity contribution < 1.29 is 33.4 Å². The molecule has 2 amide bonds. The van der Waals surface area contributed by atoms with E-state index in [0.717, 1.165) is 10.5 Å². The summed E-state index contributed by atoms with van der Waals surface area (Å²) in [6.07, 6.45) is 0.978. The van der Waals surface area contributed by atoms with Crippen molar-refractivity contribution in [3.8, 4) is 11.5 Å². The Bertz CT molecular complexity index is 759. The molecule has 0 saturated carbocycles. The van der Waals surface area contributed by atoms with Gasteiger partial charge in [0.25, 0.3) is 5.91 Å². The van der Waals surface area contributed by atoms with Crippen LogP contribution in [0.25, 0.3) is 0 Å². The largest absolute Gasteiger partial charge is 0.454 e. The number of benzene rings is 1. The predicted molar refractivity (Wildman–Crippen MR) is 87.6 cm³/mol. The summed E-state index contributed by atoms with van der Waals surface area (Å²) in [6, 6.07) is 5.31. The van der Waals surface area contributed by atoms with Gasteiger partial charge in [-0.3, -0.25) is 14.5 Å². The average Bonchev–Trinajstić information content (AvgIpc) is 3.27. The number of esters is 1. The number of carbonyl (C=O) groups is 3. The highest BCUT2D eigenvalue weighted by Gasteiger charge is 2.27. The first kappa shape index (κ1) is 17.7. The van der Waals surface area contributed by atoms with E-state index in [1.54, 1.807) is 25.1 Å². The lowest BCUT2D eigenvalue weighted by Crippen LogP contribution is -2.35. The van der Waals surface area contributed by atoms with Gasteiger partial charge in [0.05, 0.1) is 5.71 Å². The van der Waals surface area contributed by atoms with Gasteiger partial charge in [-0.15, -0.1) is 0 Å². The number of rotatable bonds is 6. The molecule has 0 atom stereocenters. The molecule has 0 aromatic heterocycles. The molecule has 2 heterocycles. The highest BCUT2D eigenvalue weighted by Crippen LogP contribution is 2.32. The zero-order chi connectivity index (χ0) is 18.5. The van der Waals surface area contributed by atoms with E-state index in [9.17, 15) is 14.4 Å². The van der Waals surface area contributed by atoms with E-state index >= 15 is 0 Å². The molecule has 1 aromatic rings. The Hall–Kier alpha value is -3.10. The van der Waals surface area contributed by atoms with E-state index < -0.39 is 25.1 Å². The molecule has 0 spiro atoms. The van der Waals surface area contributed by atoms with Crippen molar-refractivity contribution in [3.63, 3.8) is 0 Å². The molecule has 0 unspecified atom stereocenters. The number of amides is 2. The number of hydrogen-bond donors (Lipinski definition) is 0. The van der Waals surface area contributed by atoms with E-state index in [1.165, 1.54) is 0 Å². The molecule has 1 fully saturated rings. The van der Waals surface area contributed by atoms with Crippen molar-refractivity contribution in [1.82, 2.24) is 4.90 Å². The van der Waals surface area contributed by atoms with Crippen LogP contribution in [0.5, 0.6) is 11.5 Å². The smallest absolute Gasteiger partial charge is 0.347 e. The Balaban J connectivity index is 1.43. The highest BCUT2D eigenvalue weighted by molar-refractivity contribution is 5.99. The molecule has 3 rings (SSSR count). The lowest BCUT2D eigenvalue weighted by atomic mass is 10.1. The first-order chi connectivity index (χ1) is 12.5. The number of likely N-dealkylation sites (tertiary alicyclic amines) is 1. The topological polar surface area (TPSA) is 104 Å². The molecular formula is C17H18N2O7. The minimum absolute atomic E-state index is 0.180. The van der Waals surface area contributed by atoms with Crippen LogP contribution in [0, 0.1) is 0 Å². The molecule has 9 heteroatoms. The van der Waals surface area contributed by atoms with Crippen LogP contribution in [0.4, 0.5) is 0 Å². The van der Waals surface area contributed by atoms with Crippen molar-refractivity contribution in [2.24, 2.45) is 5.16 Å². The number of carbonyl (C=O) groups excluding carboxylic acids is 3. The second-order valence-corrected chi connectivity index (χ2v) is 5.72. The van der Waals surface area contributed by atoms with Crippen molar-refractivity contribution in [2.45, 2.75) is 19.8 Å². The lowest BCUT2D eigenvalue weighted by Gasteiger charge is -2.13. The molecule has 0 aliphatic carbocycles. The molecule has 0 N–H and O–H groups in total. The van der Waals surface area contributed by atoms with Gasteiger partial charge >= 0.3 is 5.97 Å². The van der Waals surface area contributed by atoms with E-state index in [4.69, 9.17) is 19.0 Å². The third kappa shape index (κ3) is 4.11. The van der Waals surface area contributed by atoms with Crippen molar-refractivity contribution >= 4 is 23.5 Å². The molecule has 9 nitrogen and oxygen atoms in total. The number of oxime groups is 1. The summed E-state index contributed by atoms with van der Waals surface area (Å²) in [7, 11) is 0. The Labute approximate surface area is 149 Å². The number of hydrogen-bond acceptors (Lipinski definition) is 8. The fourth-order valence-electron chi connectivity index (χ4n) is 2.53. The van der Waals surface area contributed by atoms with Crippen molar-refractivity contribution in [3.05, 3.63) is 23.8 Å². The molecule has 1 aromatic carbocycles. The van der Waals surface area contributed by atoms with Crippen molar-refractivity contribution in [2.75, 3.05) is 26.6 Å². The van der Waals surface area contributed by atoms with Crippen LogP contribution in [-0.2, 0) is 24.0 Å². The number of fused-ring (bicyclic) bond motifs is 1. The van der Waals surface area contributed by atoms with Crippen LogP contribution in [0.15, 0.2) is 23.4 Å². The van der Waals surface area contributed by atoms with Gasteiger partial charge in [-0.05, 0) is 31.5 Å². The summed E-state index contributed by atoms with van der Waals surface area (Å²) in [6.45, 7) is 1.33. The van der Waals surface area contributed by atoms with Crippen molar-refractivity contribution in [1.29, 1.82) is 0 Å². The third-order valence-electron chi connectivity index (χ3n) is 3.91. The van der Waals surface area contributed by atoms with Gasteiger partial charge in [0.2, 0.25) is 19.3 Å². The van der Waals surface area contributed by atoms with E-state index in [1.807, 2.05) is 0 Å². The van der Waals surface area contributed by atoms with Crippen LogP contribution in [0.2, 0.25) is 0 Å². The fraction of sp³-hybridized carbons (Fsp3) is 0.412. The maximum atomic E-state index is 11.8. The highest BCUT2D eigenvalue weighted by atomic mass is 16.7. The number of ether oxygens (including phenoxy) is 3. The fourth-order valence-corrected chi connectivity index (χ4v) is 2.53. The maximum absolute atomic E-state index is 11.8. The first-order valence-corrected chi connectivity index (χ1v) is 8.10. The minimum Gasteiger partial charge on any atom is -0.454 e. The van der Waals surface area contributed by atoms with E-state index in [2.05, 4.69) is 5.16 Å². The Morgan fingerprint density at radius 1 is 1.23 bits per heavy atom. The lowest BCUT2D eigenvalue weighted by molar-refractivity contribution is -0.157. The molecule has 138 valence electrons. The summed E-state index contributed by atoms with van der Waals surface area (Å²) in [4.78, 5) is 40.8. The molecule has 2 aliphatic rings. The number of imide groups is 1. The Morgan fingerprint density at radius 2 is 2.04 bits per heavy atom. The van der Waals surface area contributed by atoms with Crippen LogP contribution >= 0.6 is 0 Å². The minimum atomic E-state index is -0.743.